The van der Waals surface area contributed by atoms with E-state index in [-0.39, 0.29) is 24.3 Å². The number of methoxy groups -OCH3 is 1. The second-order valence-electron chi connectivity index (χ2n) is 8.02. The molecular formula is C26H28N2O3S. The van der Waals surface area contributed by atoms with Crippen LogP contribution in [0.3, 0.4) is 0 Å². The van der Waals surface area contributed by atoms with Gasteiger partial charge in [-0.3, -0.25) is 14.5 Å². The lowest BCUT2D eigenvalue weighted by Gasteiger charge is -2.32. The molecule has 166 valence electrons. The molecule has 0 radical (unpaired) electrons. The predicted octanol–water partition coefficient (Wildman–Crippen LogP) is 5.13. The van der Waals surface area contributed by atoms with E-state index in [0.29, 0.717) is 11.4 Å². The Kier molecular flexibility index (Phi) is 7.22. The van der Waals surface area contributed by atoms with E-state index in [0.717, 1.165) is 36.1 Å². The van der Waals surface area contributed by atoms with Crippen molar-refractivity contribution in [3.05, 3.63) is 82.6 Å². The summed E-state index contributed by atoms with van der Waals surface area (Å²) in [5.41, 5.74) is 1.42. The fourth-order valence-corrected chi connectivity index (χ4v) is 4.95. The average Bonchev–Trinajstić information content (AvgIpc) is 3.52. The topological polar surface area (TPSA) is 58.6 Å². The maximum atomic E-state index is 13.7. The van der Waals surface area contributed by atoms with Crippen LogP contribution in [0.1, 0.15) is 42.2 Å². The number of amides is 2. The summed E-state index contributed by atoms with van der Waals surface area (Å²) in [7, 11) is 1.60. The molecule has 6 heteroatoms. The molecule has 1 saturated carbocycles. The van der Waals surface area contributed by atoms with Gasteiger partial charge in [-0.15, -0.1) is 11.3 Å². The normalized spacial score (nSPS) is 14.7. The Morgan fingerprint density at radius 2 is 1.84 bits per heavy atom. The number of rotatable bonds is 8. The number of carbonyl (C=O) groups excluding carboxylic acids is 2. The molecular weight excluding hydrogens is 420 g/mol. The number of hydrogen-bond donors (Lipinski definition) is 1. The Morgan fingerprint density at radius 3 is 2.53 bits per heavy atom. The van der Waals surface area contributed by atoms with Gasteiger partial charge < -0.3 is 10.1 Å². The highest BCUT2D eigenvalue weighted by atomic mass is 32.1. The highest BCUT2D eigenvalue weighted by Gasteiger charge is 2.34. The maximum Gasteiger partial charge on any atom is 0.248 e. The quantitative estimate of drug-likeness (QED) is 0.520. The van der Waals surface area contributed by atoms with Crippen molar-refractivity contribution in [1.82, 2.24) is 5.32 Å². The minimum atomic E-state index is -0.791. The molecule has 1 aromatic heterocycles. The van der Waals surface area contributed by atoms with E-state index in [1.165, 1.54) is 0 Å². The summed E-state index contributed by atoms with van der Waals surface area (Å²) in [6.45, 7) is 0. The summed E-state index contributed by atoms with van der Waals surface area (Å²) >= 11 is 1.54. The molecule has 4 rings (SSSR count). The second-order valence-corrected chi connectivity index (χ2v) is 9.06. The van der Waals surface area contributed by atoms with Crippen molar-refractivity contribution in [2.75, 3.05) is 12.0 Å². The minimum absolute atomic E-state index is 0.118. The number of nitrogens with one attached hydrogen (secondary N) is 1. The first-order valence-electron chi connectivity index (χ1n) is 11.0. The molecule has 1 heterocycles. The first kappa shape index (κ1) is 22.1. The van der Waals surface area contributed by atoms with Crippen LogP contribution in [0.5, 0.6) is 5.75 Å². The second kappa shape index (κ2) is 10.5. The zero-order valence-electron chi connectivity index (χ0n) is 18.2. The Morgan fingerprint density at radius 1 is 1.06 bits per heavy atom. The van der Waals surface area contributed by atoms with Crippen LogP contribution in [0, 0.1) is 0 Å². The van der Waals surface area contributed by atoms with Crippen LogP contribution >= 0.6 is 11.3 Å². The van der Waals surface area contributed by atoms with E-state index in [1.807, 2.05) is 72.1 Å². The van der Waals surface area contributed by atoms with Gasteiger partial charge in [0.1, 0.15) is 11.8 Å². The van der Waals surface area contributed by atoms with Gasteiger partial charge in [0.15, 0.2) is 0 Å². The van der Waals surface area contributed by atoms with Gasteiger partial charge in [0.2, 0.25) is 11.8 Å². The fraction of sp³-hybridized carbons (Fsp3) is 0.308. The van der Waals surface area contributed by atoms with Crippen molar-refractivity contribution in [3.8, 4) is 5.75 Å². The average molecular weight is 449 g/mol. The van der Waals surface area contributed by atoms with Gasteiger partial charge in [-0.05, 0) is 54.1 Å². The van der Waals surface area contributed by atoms with Crippen LogP contribution in [0.15, 0.2) is 72.1 Å². The summed E-state index contributed by atoms with van der Waals surface area (Å²) < 4.78 is 5.42. The van der Waals surface area contributed by atoms with Crippen molar-refractivity contribution in [1.29, 1.82) is 0 Å². The Bertz CT molecular complexity index is 1030. The van der Waals surface area contributed by atoms with Crippen LogP contribution in [-0.4, -0.2) is 25.0 Å². The Hall–Kier alpha value is -3.12. The number of thiophene rings is 1. The smallest absolute Gasteiger partial charge is 0.248 e. The molecule has 1 atom stereocenters. The molecule has 1 fully saturated rings. The third-order valence-corrected chi connectivity index (χ3v) is 6.70. The van der Waals surface area contributed by atoms with E-state index < -0.39 is 6.04 Å². The highest BCUT2D eigenvalue weighted by molar-refractivity contribution is 7.10. The number of ether oxygens (including phenoxy) is 1. The van der Waals surface area contributed by atoms with E-state index >= 15 is 0 Å². The van der Waals surface area contributed by atoms with Crippen LogP contribution in [-0.2, 0) is 16.0 Å². The van der Waals surface area contributed by atoms with Gasteiger partial charge >= 0.3 is 0 Å². The number of carbonyl (C=O) groups is 2. The lowest BCUT2D eigenvalue weighted by Crippen LogP contribution is -2.46. The van der Waals surface area contributed by atoms with Crippen LogP contribution < -0.4 is 15.0 Å². The molecule has 3 aromatic rings. The first-order valence-corrected chi connectivity index (χ1v) is 11.9. The molecule has 1 N–H and O–H groups in total. The monoisotopic (exact) mass is 448 g/mol. The number of nitrogens with zero attached hydrogens (tertiary/aromatic N) is 1. The van der Waals surface area contributed by atoms with E-state index in [2.05, 4.69) is 5.32 Å². The summed E-state index contributed by atoms with van der Waals surface area (Å²) in [6, 6.07) is 20.1. The number of anilines is 1. The third kappa shape index (κ3) is 5.19. The molecule has 5 nitrogen and oxygen atoms in total. The summed E-state index contributed by atoms with van der Waals surface area (Å²) in [4.78, 5) is 29.9. The zero-order chi connectivity index (χ0) is 22.3. The number of para-hydroxylation sites is 1. The number of hydrogen-bond acceptors (Lipinski definition) is 4. The molecule has 1 unspecified atom stereocenters. The summed E-state index contributed by atoms with van der Waals surface area (Å²) in [6.07, 6.45) is 4.43. The van der Waals surface area contributed by atoms with Crippen molar-refractivity contribution < 1.29 is 14.3 Å². The minimum Gasteiger partial charge on any atom is -0.497 e. The first-order chi connectivity index (χ1) is 15.7. The Balaban J connectivity index is 1.75. The highest BCUT2D eigenvalue weighted by Crippen LogP contribution is 2.31. The maximum absolute atomic E-state index is 13.7. The van der Waals surface area contributed by atoms with Crippen molar-refractivity contribution in [2.24, 2.45) is 0 Å². The lowest BCUT2D eigenvalue weighted by atomic mass is 10.0. The summed E-state index contributed by atoms with van der Waals surface area (Å²) in [5, 5.41) is 5.17. The van der Waals surface area contributed by atoms with E-state index in [9.17, 15) is 9.59 Å². The molecule has 2 aromatic carbocycles. The molecule has 2 amide bonds. The molecule has 0 aliphatic heterocycles. The molecule has 1 aliphatic carbocycles. The van der Waals surface area contributed by atoms with Crippen LogP contribution in [0.4, 0.5) is 5.69 Å². The van der Waals surface area contributed by atoms with Gasteiger partial charge in [-0.1, -0.05) is 49.2 Å². The van der Waals surface area contributed by atoms with Crippen molar-refractivity contribution in [3.63, 3.8) is 0 Å². The van der Waals surface area contributed by atoms with E-state index in [4.69, 9.17) is 4.74 Å². The zero-order valence-corrected chi connectivity index (χ0v) is 19.0. The van der Waals surface area contributed by atoms with Gasteiger partial charge in [0.25, 0.3) is 0 Å². The molecule has 0 spiro atoms. The third-order valence-electron chi connectivity index (χ3n) is 5.83. The molecule has 0 saturated heterocycles. The fourth-order valence-electron chi connectivity index (χ4n) is 4.25. The lowest BCUT2D eigenvalue weighted by molar-refractivity contribution is -0.127. The van der Waals surface area contributed by atoms with Crippen molar-refractivity contribution >= 4 is 28.8 Å². The molecule has 1 aliphatic rings. The SMILES string of the molecule is COc1cccc(C(C(=O)NC2CCCC2)N(C(=O)Cc2cccs2)c2ccccc2)c1. The van der Waals surface area contributed by atoms with Crippen LogP contribution in [0.2, 0.25) is 0 Å². The van der Waals surface area contributed by atoms with Gasteiger partial charge in [0.05, 0.1) is 13.5 Å². The van der Waals surface area contributed by atoms with Gasteiger partial charge in [-0.2, -0.15) is 0 Å². The largest absolute Gasteiger partial charge is 0.497 e. The Labute approximate surface area is 193 Å². The molecule has 0 bridgehead atoms. The van der Waals surface area contributed by atoms with Crippen LogP contribution in [0.25, 0.3) is 0 Å². The standard InChI is InChI=1S/C26H28N2O3S/c1-31-22-14-7-9-19(17-22)25(26(30)27-20-10-5-6-11-20)28(21-12-3-2-4-13-21)24(29)18-23-15-8-16-32-23/h2-4,7-9,12-17,20,25H,5-6,10-11,18H2,1H3,(H,27,30). The summed E-state index contributed by atoms with van der Waals surface area (Å²) in [5.74, 6) is 0.376. The number of benzene rings is 2. The van der Waals surface area contributed by atoms with Crippen molar-refractivity contribution in [2.45, 2.75) is 44.2 Å². The van der Waals surface area contributed by atoms with Gasteiger partial charge in [-0.25, -0.2) is 0 Å². The van der Waals surface area contributed by atoms with Gasteiger partial charge in [0, 0.05) is 16.6 Å². The molecule has 32 heavy (non-hydrogen) atoms. The predicted molar refractivity (Wildman–Crippen MR) is 128 cm³/mol. The van der Waals surface area contributed by atoms with E-state index in [1.54, 1.807) is 23.3 Å².